The van der Waals surface area contributed by atoms with Crippen LogP contribution in [0, 0.1) is 0 Å². The first-order valence-corrected chi connectivity index (χ1v) is 6.47. The lowest BCUT2D eigenvalue weighted by molar-refractivity contribution is -0.129. The van der Waals surface area contributed by atoms with Gasteiger partial charge >= 0.3 is 0 Å². The van der Waals surface area contributed by atoms with E-state index in [0.717, 1.165) is 18.7 Å². The Kier molecular flexibility index (Phi) is 5.18. The Hall–Kier alpha value is -1.59. The van der Waals surface area contributed by atoms with Crippen LogP contribution in [-0.4, -0.2) is 50.4 Å². The number of methoxy groups -OCH3 is 1. The maximum absolute atomic E-state index is 12.0. The Morgan fingerprint density at radius 2 is 2.21 bits per heavy atom. The van der Waals surface area contributed by atoms with Crippen molar-refractivity contribution in [2.75, 3.05) is 38.9 Å². The van der Waals surface area contributed by atoms with E-state index in [1.165, 1.54) is 0 Å². The molecular weight excluding hydrogens is 244 g/mol. The molecule has 1 saturated heterocycles. The van der Waals surface area contributed by atoms with Gasteiger partial charge in [0.2, 0.25) is 5.91 Å². The SMILES string of the molecule is COCO[C@H]1CCN(C(=O)CNc2ccccc2)C1. The van der Waals surface area contributed by atoms with Gasteiger partial charge in [-0.3, -0.25) is 4.79 Å². The molecule has 5 heteroatoms. The van der Waals surface area contributed by atoms with Crippen LogP contribution in [0.4, 0.5) is 5.69 Å². The van der Waals surface area contributed by atoms with Crippen molar-refractivity contribution in [2.45, 2.75) is 12.5 Å². The normalized spacial score (nSPS) is 18.6. The Morgan fingerprint density at radius 1 is 1.42 bits per heavy atom. The molecule has 0 saturated carbocycles. The lowest BCUT2D eigenvalue weighted by Gasteiger charge is -2.17. The zero-order valence-corrected chi connectivity index (χ0v) is 11.2. The highest BCUT2D eigenvalue weighted by Crippen LogP contribution is 2.13. The molecule has 1 fully saturated rings. The summed E-state index contributed by atoms with van der Waals surface area (Å²) in [5, 5.41) is 3.12. The number of nitrogens with one attached hydrogen (secondary N) is 1. The number of carbonyl (C=O) groups is 1. The number of nitrogens with zero attached hydrogens (tertiary/aromatic N) is 1. The van der Waals surface area contributed by atoms with Crippen molar-refractivity contribution in [3.05, 3.63) is 30.3 Å². The molecule has 1 aliphatic heterocycles. The number of amides is 1. The van der Waals surface area contributed by atoms with Crippen LogP contribution in [0.5, 0.6) is 0 Å². The van der Waals surface area contributed by atoms with Gasteiger partial charge in [0.15, 0.2) is 0 Å². The van der Waals surface area contributed by atoms with E-state index in [1.807, 2.05) is 35.2 Å². The van der Waals surface area contributed by atoms with E-state index in [4.69, 9.17) is 9.47 Å². The number of hydrogen-bond acceptors (Lipinski definition) is 4. The van der Waals surface area contributed by atoms with Gasteiger partial charge in [0.05, 0.1) is 12.6 Å². The van der Waals surface area contributed by atoms with E-state index >= 15 is 0 Å². The number of rotatable bonds is 6. The summed E-state index contributed by atoms with van der Waals surface area (Å²) >= 11 is 0. The van der Waals surface area contributed by atoms with Crippen LogP contribution in [-0.2, 0) is 14.3 Å². The minimum atomic E-state index is 0.0978. The molecule has 1 aliphatic rings. The Balaban J connectivity index is 1.72. The summed E-state index contributed by atoms with van der Waals surface area (Å²) in [6.45, 7) is 2.01. The Morgan fingerprint density at radius 3 is 2.95 bits per heavy atom. The van der Waals surface area contributed by atoms with E-state index in [1.54, 1.807) is 7.11 Å². The molecule has 19 heavy (non-hydrogen) atoms. The molecule has 2 rings (SSSR count). The highest BCUT2D eigenvalue weighted by molar-refractivity contribution is 5.81. The third-order valence-electron chi connectivity index (χ3n) is 3.14. The maximum Gasteiger partial charge on any atom is 0.241 e. The molecule has 1 aromatic carbocycles. The molecule has 1 aromatic rings. The number of anilines is 1. The molecule has 0 bridgehead atoms. The van der Waals surface area contributed by atoms with E-state index in [9.17, 15) is 4.79 Å². The summed E-state index contributed by atoms with van der Waals surface area (Å²) in [5.74, 6) is 0.104. The van der Waals surface area contributed by atoms with Gasteiger partial charge in [-0.25, -0.2) is 0 Å². The summed E-state index contributed by atoms with van der Waals surface area (Å²) < 4.78 is 10.3. The minimum absolute atomic E-state index is 0.0978. The average Bonchev–Trinajstić information content (AvgIpc) is 2.92. The Bertz CT molecular complexity index is 397. The molecule has 1 N–H and O–H groups in total. The summed E-state index contributed by atoms with van der Waals surface area (Å²) in [7, 11) is 1.60. The van der Waals surface area contributed by atoms with Gasteiger partial charge in [-0.15, -0.1) is 0 Å². The van der Waals surface area contributed by atoms with Crippen molar-refractivity contribution in [1.82, 2.24) is 4.90 Å². The van der Waals surface area contributed by atoms with Gasteiger partial charge in [-0.05, 0) is 18.6 Å². The first-order valence-electron chi connectivity index (χ1n) is 6.47. The van der Waals surface area contributed by atoms with E-state index < -0.39 is 0 Å². The zero-order valence-electron chi connectivity index (χ0n) is 11.2. The van der Waals surface area contributed by atoms with Crippen LogP contribution in [0.3, 0.4) is 0 Å². The lowest BCUT2D eigenvalue weighted by Crippen LogP contribution is -2.34. The zero-order chi connectivity index (χ0) is 13.5. The standard InChI is InChI=1S/C14H20N2O3/c1-18-11-19-13-7-8-16(10-13)14(17)9-15-12-5-3-2-4-6-12/h2-6,13,15H,7-11H2,1H3/t13-/m0/s1. The monoisotopic (exact) mass is 264 g/mol. The van der Waals surface area contributed by atoms with Gasteiger partial charge in [0.1, 0.15) is 6.79 Å². The molecule has 5 nitrogen and oxygen atoms in total. The highest BCUT2D eigenvalue weighted by Gasteiger charge is 2.26. The van der Waals surface area contributed by atoms with Crippen LogP contribution >= 0.6 is 0 Å². The third-order valence-corrected chi connectivity index (χ3v) is 3.14. The number of ether oxygens (including phenoxy) is 2. The van der Waals surface area contributed by atoms with Crippen LogP contribution in [0.1, 0.15) is 6.42 Å². The first kappa shape index (κ1) is 13.8. The van der Waals surface area contributed by atoms with E-state index in [0.29, 0.717) is 13.1 Å². The molecule has 1 heterocycles. The van der Waals surface area contributed by atoms with E-state index in [2.05, 4.69) is 5.32 Å². The van der Waals surface area contributed by atoms with Crippen molar-refractivity contribution < 1.29 is 14.3 Å². The van der Waals surface area contributed by atoms with Gasteiger partial charge in [-0.2, -0.15) is 0 Å². The predicted molar refractivity (Wildman–Crippen MR) is 72.9 cm³/mol. The summed E-state index contributed by atoms with van der Waals surface area (Å²) in [6, 6.07) is 9.73. The second-order valence-corrected chi connectivity index (χ2v) is 4.54. The topological polar surface area (TPSA) is 50.8 Å². The maximum atomic E-state index is 12.0. The number of benzene rings is 1. The van der Waals surface area contributed by atoms with Crippen LogP contribution in [0.2, 0.25) is 0 Å². The molecule has 0 aliphatic carbocycles. The molecule has 0 aromatic heterocycles. The molecule has 1 atom stereocenters. The van der Waals surface area contributed by atoms with Gasteiger partial charge in [0.25, 0.3) is 0 Å². The molecular formula is C14H20N2O3. The smallest absolute Gasteiger partial charge is 0.241 e. The number of likely N-dealkylation sites (tertiary alicyclic amines) is 1. The number of carbonyl (C=O) groups excluding carboxylic acids is 1. The van der Waals surface area contributed by atoms with Crippen LogP contribution < -0.4 is 5.32 Å². The van der Waals surface area contributed by atoms with Crippen molar-refractivity contribution in [3.63, 3.8) is 0 Å². The Labute approximate surface area is 113 Å². The molecule has 0 spiro atoms. The highest BCUT2D eigenvalue weighted by atomic mass is 16.7. The molecule has 0 radical (unpaired) electrons. The minimum Gasteiger partial charge on any atom is -0.376 e. The second kappa shape index (κ2) is 7.11. The van der Waals surface area contributed by atoms with Gasteiger partial charge in [0, 0.05) is 25.9 Å². The van der Waals surface area contributed by atoms with Crippen LogP contribution in [0.15, 0.2) is 30.3 Å². The second-order valence-electron chi connectivity index (χ2n) is 4.54. The summed E-state index contributed by atoms with van der Waals surface area (Å²) in [6.07, 6.45) is 0.973. The average molecular weight is 264 g/mol. The van der Waals surface area contributed by atoms with Gasteiger partial charge < -0.3 is 19.7 Å². The quantitative estimate of drug-likeness (QED) is 0.787. The number of hydrogen-bond donors (Lipinski definition) is 1. The largest absolute Gasteiger partial charge is 0.376 e. The van der Waals surface area contributed by atoms with E-state index in [-0.39, 0.29) is 18.8 Å². The molecule has 104 valence electrons. The molecule has 1 amide bonds. The van der Waals surface area contributed by atoms with Crippen molar-refractivity contribution in [3.8, 4) is 0 Å². The third kappa shape index (κ3) is 4.22. The fourth-order valence-corrected chi connectivity index (χ4v) is 2.10. The predicted octanol–water partition coefficient (Wildman–Crippen LogP) is 1.32. The number of para-hydroxylation sites is 1. The van der Waals surface area contributed by atoms with Crippen molar-refractivity contribution in [1.29, 1.82) is 0 Å². The van der Waals surface area contributed by atoms with Crippen molar-refractivity contribution >= 4 is 11.6 Å². The summed E-state index contributed by atoms with van der Waals surface area (Å²) in [5.41, 5.74) is 0.960. The lowest BCUT2D eigenvalue weighted by atomic mass is 10.3. The summed E-state index contributed by atoms with van der Waals surface area (Å²) in [4.78, 5) is 13.8. The van der Waals surface area contributed by atoms with Gasteiger partial charge in [-0.1, -0.05) is 18.2 Å². The van der Waals surface area contributed by atoms with Crippen LogP contribution in [0.25, 0.3) is 0 Å². The molecule has 0 unspecified atom stereocenters. The first-order chi connectivity index (χ1) is 9.29. The van der Waals surface area contributed by atoms with Crippen molar-refractivity contribution in [2.24, 2.45) is 0 Å². The fourth-order valence-electron chi connectivity index (χ4n) is 2.10. The fraction of sp³-hybridized carbons (Fsp3) is 0.500.